The molecule has 1 aliphatic rings. The Morgan fingerprint density at radius 3 is 3.05 bits per heavy atom. The molecular formula is C14H24N4O. The molecule has 1 aromatic heterocycles. The van der Waals surface area contributed by atoms with E-state index < -0.39 is 0 Å². The van der Waals surface area contributed by atoms with Crippen LogP contribution in [0.1, 0.15) is 31.2 Å². The number of nitrogens with zero attached hydrogens (tertiary/aromatic N) is 3. The van der Waals surface area contributed by atoms with Gasteiger partial charge < -0.3 is 10.2 Å². The van der Waals surface area contributed by atoms with Crippen LogP contribution in [0.4, 0.5) is 0 Å². The molecule has 0 bridgehead atoms. The first kappa shape index (κ1) is 14.1. The van der Waals surface area contributed by atoms with Gasteiger partial charge in [0.15, 0.2) is 0 Å². The van der Waals surface area contributed by atoms with Crippen LogP contribution in [0.25, 0.3) is 0 Å². The molecule has 1 aliphatic heterocycles. The standard InChI is InChI=1S/C14H24N4O/c1-17(14(19)13-7-3-4-8-15-13)9-5-6-12-10-16-18(2)11-12/h10-11,13,15H,3-9H2,1-2H3/t13-/m0/s1. The SMILES string of the molecule is CN(CCCc1cnn(C)c1)C(=O)[C@@H]1CCCCN1. The lowest BCUT2D eigenvalue weighted by atomic mass is 10.0. The van der Waals surface area contributed by atoms with Crippen molar-refractivity contribution < 1.29 is 4.79 Å². The van der Waals surface area contributed by atoms with Crippen LogP contribution >= 0.6 is 0 Å². The molecule has 1 aromatic rings. The fourth-order valence-corrected chi connectivity index (χ4v) is 2.56. The van der Waals surface area contributed by atoms with E-state index in [-0.39, 0.29) is 11.9 Å². The van der Waals surface area contributed by atoms with Gasteiger partial charge in [0.25, 0.3) is 0 Å². The van der Waals surface area contributed by atoms with Crippen molar-refractivity contribution in [3.63, 3.8) is 0 Å². The quantitative estimate of drug-likeness (QED) is 0.861. The first-order valence-electron chi connectivity index (χ1n) is 7.12. The largest absolute Gasteiger partial charge is 0.344 e. The summed E-state index contributed by atoms with van der Waals surface area (Å²) >= 11 is 0. The van der Waals surface area contributed by atoms with Crippen LogP contribution in [0.5, 0.6) is 0 Å². The summed E-state index contributed by atoms with van der Waals surface area (Å²) in [7, 11) is 3.83. The molecule has 5 nitrogen and oxygen atoms in total. The van der Waals surface area contributed by atoms with Gasteiger partial charge in [-0.05, 0) is 37.8 Å². The second-order valence-electron chi connectivity index (χ2n) is 5.39. The summed E-state index contributed by atoms with van der Waals surface area (Å²) < 4.78 is 1.82. The molecule has 1 amide bonds. The lowest BCUT2D eigenvalue weighted by Gasteiger charge is -2.27. The summed E-state index contributed by atoms with van der Waals surface area (Å²) in [6.07, 6.45) is 9.21. The number of aromatic nitrogens is 2. The first-order valence-corrected chi connectivity index (χ1v) is 7.12. The van der Waals surface area contributed by atoms with Crippen LogP contribution in [0.2, 0.25) is 0 Å². The third-order valence-electron chi connectivity index (χ3n) is 3.70. The normalized spacial score (nSPS) is 19.4. The summed E-state index contributed by atoms with van der Waals surface area (Å²) in [5.41, 5.74) is 1.24. The zero-order valence-corrected chi connectivity index (χ0v) is 11.9. The van der Waals surface area contributed by atoms with E-state index in [1.54, 1.807) is 0 Å². The van der Waals surface area contributed by atoms with E-state index in [1.807, 2.05) is 36.1 Å². The number of nitrogens with one attached hydrogen (secondary N) is 1. The van der Waals surface area contributed by atoms with Gasteiger partial charge in [-0.2, -0.15) is 5.10 Å². The van der Waals surface area contributed by atoms with Gasteiger partial charge >= 0.3 is 0 Å². The van der Waals surface area contributed by atoms with Gasteiger partial charge in [-0.3, -0.25) is 9.48 Å². The number of carbonyl (C=O) groups excluding carboxylic acids is 1. The van der Waals surface area contributed by atoms with Gasteiger partial charge in [0, 0.05) is 26.8 Å². The zero-order chi connectivity index (χ0) is 13.7. The van der Waals surface area contributed by atoms with Crippen molar-refractivity contribution in [3.8, 4) is 0 Å². The maximum absolute atomic E-state index is 12.2. The predicted molar refractivity (Wildman–Crippen MR) is 74.8 cm³/mol. The Kier molecular flexibility index (Phi) is 4.96. The zero-order valence-electron chi connectivity index (χ0n) is 11.9. The fraction of sp³-hybridized carbons (Fsp3) is 0.714. The van der Waals surface area contributed by atoms with Crippen molar-refractivity contribution in [1.82, 2.24) is 20.0 Å². The second kappa shape index (κ2) is 6.70. The molecule has 0 spiro atoms. The third-order valence-corrected chi connectivity index (χ3v) is 3.70. The number of amides is 1. The molecule has 0 aromatic carbocycles. The van der Waals surface area contributed by atoms with Crippen LogP contribution in [0, 0.1) is 0 Å². The van der Waals surface area contributed by atoms with Crippen LogP contribution < -0.4 is 5.32 Å². The van der Waals surface area contributed by atoms with E-state index in [0.717, 1.165) is 38.8 Å². The molecule has 1 N–H and O–H groups in total. The number of piperidine rings is 1. The summed E-state index contributed by atoms with van der Waals surface area (Å²) in [6.45, 7) is 1.78. The first-order chi connectivity index (χ1) is 9.16. The van der Waals surface area contributed by atoms with E-state index in [2.05, 4.69) is 10.4 Å². The Balaban J connectivity index is 1.71. The molecule has 106 valence electrons. The number of rotatable bonds is 5. The van der Waals surface area contributed by atoms with Gasteiger partial charge in [-0.1, -0.05) is 6.42 Å². The highest BCUT2D eigenvalue weighted by atomic mass is 16.2. The second-order valence-corrected chi connectivity index (χ2v) is 5.39. The maximum atomic E-state index is 12.2. The predicted octanol–water partition coefficient (Wildman–Crippen LogP) is 0.953. The summed E-state index contributed by atoms with van der Waals surface area (Å²) in [4.78, 5) is 14.1. The molecule has 1 atom stereocenters. The molecule has 0 radical (unpaired) electrons. The van der Waals surface area contributed by atoms with Crippen molar-refractivity contribution in [2.45, 2.75) is 38.1 Å². The molecule has 1 fully saturated rings. The lowest BCUT2D eigenvalue weighted by Crippen LogP contribution is -2.47. The van der Waals surface area contributed by atoms with E-state index in [1.165, 1.54) is 12.0 Å². The van der Waals surface area contributed by atoms with Gasteiger partial charge in [0.2, 0.25) is 5.91 Å². The molecule has 0 saturated carbocycles. The van der Waals surface area contributed by atoms with Crippen molar-refractivity contribution in [3.05, 3.63) is 18.0 Å². The van der Waals surface area contributed by atoms with E-state index >= 15 is 0 Å². The number of aryl methyl sites for hydroxylation is 2. The van der Waals surface area contributed by atoms with Crippen molar-refractivity contribution in [2.24, 2.45) is 7.05 Å². The average molecular weight is 264 g/mol. The number of hydrogen-bond acceptors (Lipinski definition) is 3. The maximum Gasteiger partial charge on any atom is 0.239 e. The minimum atomic E-state index is 0.0390. The Morgan fingerprint density at radius 2 is 2.42 bits per heavy atom. The molecule has 5 heteroatoms. The van der Waals surface area contributed by atoms with E-state index in [4.69, 9.17) is 0 Å². The van der Waals surface area contributed by atoms with Gasteiger partial charge in [-0.25, -0.2) is 0 Å². The van der Waals surface area contributed by atoms with Gasteiger partial charge in [0.1, 0.15) is 0 Å². The Morgan fingerprint density at radius 1 is 1.58 bits per heavy atom. The minimum Gasteiger partial charge on any atom is -0.344 e. The minimum absolute atomic E-state index is 0.0390. The fourth-order valence-electron chi connectivity index (χ4n) is 2.56. The molecule has 0 unspecified atom stereocenters. The third kappa shape index (κ3) is 4.06. The van der Waals surface area contributed by atoms with Crippen molar-refractivity contribution in [1.29, 1.82) is 0 Å². The van der Waals surface area contributed by atoms with Crippen LogP contribution in [0.3, 0.4) is 0 Å². The van der Waals surface area contributed by atoms with Gasteiger partial charge in [-0.15, -0.1) is 0 Å². The highest BCUT2D eigenvalue weighted by Gasteiger charge is 2.23. The van der Waals surface area contributed by atoms with Crippen LogP contribution in [0.15, 0.2) is 12.4 Å². The molecular weight excluding hydrogens is 240 g/mol. The number of hydrogen-bond donors (Lipinski definition) is 1. The average Bonchev–Trinajstić information content (AvgIpc) is 2.84. The Bertz CT molecular complexity index is 409. The van der Waals surface area contributed by atoms with E-state index in [9.17, 15) is 4.79 Å². The van der Waals surface area contributed by atoms with Crippen molar-refractivity contribution in [2.75, 3.05) is 20.1 Å². The van der Waals surface area contributed by atoms with Crippen LogP contribution in [-0.2, 0) is 18.3 Å². The monoisotopic (exact) mass is 264 g/mol. The summed E-state index contributed by atoms with van der Waals surface area (Å²) in [5.74, 6) is 0.242. The topological polar surface area (TPSA) is 50.2 Å². The van der Waals surface area contributed by atoms with Gasteiger partial charge in [0.05, 0.1) is 12.2 Å². The molecule has 2 rings (SSSR count). The number of likely N-dealkylation sites (N-methyl/N-ethyl adjacent to an activating group) is 1. The van der Waals surface area contributed by atoms with Crippen LogP contribution in [-0.4, -0.2) is 46.8 Å². The van der Waals surface area contributed by atoms with Crippen molar-refractivity contribution >= 4 is 5.91 Å². The smallest absolute Gasteiger partial charge is 0.239 e. The lowest BCUT2D eigenvalue weighted by molar-refractivity contribution is -0.132. The Labute approximate surface area is 115 Å². The number of carbonyl (C=O) groups is 1. The summed E-state index contributed by atoms with van der Waals surface area (Å²) in [5, 5.41) is 7.46. The Hall–Kier alpha value is -1.36. The highest BCUT2D eigenvalue weighted by Crippen LogP contribution is 2.10. The molecule has 2 heterocycles. The van der Waals surface area contributed by atoms with E-state index in [0.29, 0.717) is 0 Å². The molecule has 0 aliphatic carbocycles. The molecule has 19 heavy (non-hydrogen) atoms. The molecule has 1 saturated heterocycles. The summed E-state index contributed by atoms with van der Waals surface area (Å²) in [6, 6.07) is 0.0390. The highest BCUT2D eigenvalue weighted by molar-refractivity contribution is 5.81.